The van der Waals surface area contributed by atoms with E-state index < -0.39 is 5.91 Å². The highest BCUT2D eigenvalue weighted by Gasteiger charge is 2.29. The van der Waals surface area contributed by atoms with E-state index in [-0.39, 0.29) is 24.5 Å². The number of primary amides is 1. The second-order valence-electron chi connectivity index (χ2n) is 6.04. The molecule has 1 aliphatic heterocycles. The van der Waals surface area contributed by atoms with E-state index in [4.69, 9.17) is 11.5 Å². The standard InChI is InChI=1S/C14H26N4O2/c15-11-5-7-17(8-6-11)10-14(20)18(9-13(16)19)12-3-1-2-4-12/h11-12H,1-10,15H2,(H2,16,19). The van der Waals surface area contributed by atoms with Crippen LogP contribution in [-0.4, -0.2) is 59.9 Å². The Morgan fingerprint density at radius 3 is 2.25 bits per heavy atom. The van der Waals surface area contributed by atoms with Crippen molar-refractivity contribution in [2.24, 2.45) is 11.5 Å². The molecule has 0 bridgehead atoms. The lowest BCUT2D eigenvalue weighted by Crippen LogP contribution is -2.50. The molecule has 20 heavy (non-hydrogen) atoms. The third-order valence-corrected chi connectivity index (χ3v) is 4.40. The van der Waals surface area contributed by atoms with Crippen LogP contribution in [0.1, 0.15) is 38.5 Å². The minimum atomic E-state index is -0.425. The Bertz CT molecular complexity index is 347. The first kappa shape index (κ1) is 15.3. The van der Waals surface area contributed by atoms with E-state index in [1.807, 2.05) is 0 Å². The number of nitrogens with zero attached hydrogens (tertiary/aromatic N) is 2. The van der Waals surface area contributed by atoms with Crippen molar-refractivity contribution >= 4 is 11.8 Å². The van der Waals surface area contributed by atoms with Crippen LogP contribution in [0, 0.1) is 0 Å². The van der Waals surface area contributed by atoms with E-state index in [0.29, 0.717) is 6.54 Å². The predicted octanol–water partition coefficient (Wildman–Crippen LogP) is -0.334. The average molecular weight is 282 g/mol. The molecule has 1 aliphatic carbocycles. The molecule has 0 aromatic heterocycles. The lowest BCUT2D eigenvalue weighted by atomic mass is 10.1. The van der Waals surface area contributed by atoms with E-state index in [9.17, 15) is 9.59 Å². The van der Waals surface area contributed by atoms with E-state index in [0.717, 1.165) is 51.6 Å². The summed E-state index contributed by atoms with van der Waals surface area (Å²) in [6.45, 7) is 2.16. The van der Waals surface area contributed by atoms with Crippen molar-refractivity contribution in [1.82, 2.24) is 9.80 Å². The Morgan fingerprint density at radius 1 is 1.10 bits per heavy atom. The van der Waals surface area contributed by atoms with Gasteiger partial charge < -0.3 is 16.4 Å². The number of carbonyl (C=O) groups is 2. The van der Waals surface area contributed by atoms with Gasteiger partial charge in [0, 0.05) is 25.2 Å². The molecule has 6 heteroatoms. The zero-order valence-electron chi connectivity index (χ0n) is 12.1. The molecule has 2 aliphatic rings. The third-order valence-electron chi connectivity index (χ3n) is 4.40. The predicted molar refractivity (Wildman–Crippen MR) is 76.8 cm³/mol. The highest BCUT2D eigenvalue weighted by molar-refractivity contribution is 5.85. The summed E-state index contributed by atoms with van der Waals surface area (Å²) in [7, 11) is 0. The molecule has 114 valence electrons. The van der Waals surface area contributed by atoms with E-state index >= 15 is 0 Å². The van der Waals surface area contributed by atoms with Crippen LogP contribution in [0.25, 0.3) is 0 Å². The fourth-order valence-corrected chi connectivity index (χ4v) is 3.20. The summed E-state index contributed by atoms with van der Waals surface area (Å²) in [6, 6.07) is 0.458. The van der Waals surface area contributed by atoms with Crippen molar-refractivity contribution < 1.29 is 9.59 Å². The zero-order chi connectivity index (χ0) is 14.5. The normalized spacial score (nSPS) is 22.1. The Balaban J connectivity index is 1.90. The molecule has 0 aromatic rings. The van der Waals surface area contributed by atoms with Gasteiger partial charge in [-0.25, -0.2) is 0 Å². The molecule has 2 rings (SSSR count). The number of nitrogens with two attached hydrogens (primary N) is 2. The number of rotatable bonds is 5. The summed E-state index contributed by atoms with van der Waals surface area (Å²) in [5.74, 6) is -0.392. The van der Waals surface area contributed by atoms with Crippen LogP contribution in [0.2, 0.25) is 0 Å². The van der Waals surface area contributed by atoms with Crippen LogP contribution in [0.15, 0.2) is 0 Å². The fourth-order valence-electron chi connectivity index (χ4n) is 3.20. The Hall–Kier alpha value is -1.14. The molecular formula is C14H26N4O2. The molecule has 0 radical (unpaired) electrons. The Kier molecular flexibility index (Phi) is 5.37. The van der Waals surface area contributed by atoms with E-state index in [1.165, 1.54) is 0 Å². The highest BCUT2D eigenvalue weighted by Crippen LogP contribution is 2.23. The van der Waals surface area contributed by atoms with Gasteiger partial charge in [-0.1, -0.05) is 12.8 Å². The first-order valence-corrected chi connectivity index (χ1v) is 7.62. The smallest absolute Gasteiger partial charge is 0.237 e. The van der Waals surface area contributed by atoms with Crippen LogP contribution in [0.5, 0.6) is 0 Å². The number of hydrogen-bond acceptors (Lipinski definition) is 4. The Morgan fingerprint density at radius 2 is 1.70 bits per heavy atom. The second kappa shape index (κ2) is 7.04. The molecule has 1 saturated heterocycles. The van der Waals surface area contributed by atoms with Crippen LogP contribution in [0.3, 0.4) is 0 Å². The largest absolute Gasteiger partial charge is 0.368 e. The third kappa shape index (κ3) is 4.18. The monoisotopic (exact) mass is 282 g/mol. The van der Waals surface area contributed by atoms with Gasteiger partial charge in [0.15, 0.2) is 0 Å². The van der Waals surface area contributed by atoms with Crippen molar-refractivity contribution in [3.05, 3.63) is 0 Å². The van der Waals surface area contributed by atoms with Crippen molar-refractivity contribution in [3.63, 3.8) is 0 Å². The van der Waals surface area contributed by atoms with E-state index in [2.05, 4.69) is 4.90 Å². The van der Waals surface area contributed by atoms with Gasteiger partial charge in [-0.3, -0.25) is 14.5 Å². The van der Waals surface area contributed by atoms with Gasteiger partial charge in [0.1, 0.15) is 0 Å². The van der Waals surface area contributed by atoms with Gasteiger partial charge >= 0.3 is 0 Å². The summed E-state index contributed by atoms with van der Waals surface area (Å²) >= 11 is 0. The molecule has 0 aromatic carbocycles. The number of carbonyl (C=O) groups excluding carboxylic acids is 2. The zero-order valence-corrected chi connectivity index (χ0v) is 12.1. The van der Waals surface area contributed by atoms with Crippen molar-refractivity contribution in [3.8, 4) is 0 Å². The lowest BCUT2D eigenvalue weighted by molar-refractivity contribution is -0.138. The summed E-state index contributed by atoms with van der Waals surface area (Å²) in [5.41, 5.74) is 11.2. The van der Waals surface area contributed by atoms with Crippen LogP contribution < -0.4 is 11.5 Å². The Labute approximate surface area is 120 Å². The maximum absolute atomic E-state index is 12.5. The minimum absolute atomic E-state index is 0.0335. The molecule has 0 spiro atoms. The first-order valence-electron chi connectivity index (χ1n) is 7.62. The highest BCUT2D eigenvalue weighted by atomic mass is 16.2. The molecule has 4 N–H and O–H groups in total. The van der Waals surface area contributed by atoms with Gasteiger partial charge in [0.25, 0.3) is 0 Å². The first-order chi connectivity index (χ1) is 9.56. The molecule has 2 amide bonds. The van der Waals surface area contributed by atoms with Gasteiger partial charge in [0.05, 0.1) is 13.1 Å². The lowest BCUT2D eigenvalue weighted by Gasteiger charge is -2.33. The quantitative estimate of drug-likeness (QED) is 0.722. The average Bonchev–Trinajstić information content (AvgIpc) is 2.92. The second-order valence-corrected chi connectivity index (χ2v) is 6.04. The summed E-state index contributed by atoms with van der Waals surface area (Å²) < 4.78 is 0. The summed E-state index contributed by atoms with van der Waals surface area (Å²) in [4.78, 5) is 27.5. The van der Waals surface area contributed by atoms with Crippen LogP contribution in [0.4, 0.5) is 0 Å². The summed E-state index contributed by atoms with van der Waals surface area (Å²) in [6.07, 6.45) is 6.12. The fraction of sp³-hybridized carbons (Fsp3) is 0.857. The van der Waals surface area contributed by atoms with Crippen molar-refractivity contribution in [2.45, 2.75) is 50.6 Å². The molecule has 2 fully saturated rings. The van der Waals surface area contributed by atoms with Crippen molar-refractivity contribution in [2.75, 3.05) is 26.2 Å². The SMILES string of the molecule is NC(=O)CN(C(=O)CN1CCC(N)CC1)C1CCCC1. The number of hydrogen-bond donors (Lipinski definition) is 2. The number of amides is 2. The van der Waals surface area contributed by atoms with Gasteiger partial charge in [-0.05, 0) is 25.7 Å². The summed E-state index contributed by atoms with van der Waals surface area (Å²) in [5, 5.41) is 0. The van der Waals surface area contributed by atoms with Gasteiger partial charge in [-0.15, -0.1) is 0 Å². The molecule has 1 saturated carbocycles. The number of piperidine rings is 1. The molecule has 0 atom stereocenters. The van der Waals surface area contributed by atoms with Crippen LogP contribution >= 0.6 is 0 Å². The molecule has 0 unspecified atom stereocenters. The van der Waals surface area contributed by atoms with E-state index in [1.54, 1.807) is 4.90 Å². The maximum Gasteiger partial charge on any atom is 0.237 e. The van der Waals surface area contributed by atoms with Crippen molar-refractivity contribution in [1.29, 1.82) is 0 Å². The molecule has 6 nitrogen and oxygen atoms in total. The number of likely N-dealkylation sites (tertiary alicyclic amines) is 1. The topological polar surface area (TPSA) is 92.7 Å². The minimum Gasteiger partial charge on any atom is -0.368 e. The maximum atomic E-state index is 12.5. The van der Waals surface area contributed by atoms with Gasteiger partial charge in [0.2, 0.25) is 11.8 Å². The molecule has 1 heterocycles. The molecular weight excluding hydrogens is 256 g/mol. The van der Waals surface area contributed by atoms with Crippen LogP contribution in [-0.2, 0) is 9.59 Å². The van der Waals surface area contributed by atoms with Gasteiger partial charge in [-0.2, -0.15) is 0 Å².